The van der Waals surface area contributed by atoms with Crippen molar-refractivity contribution in [2.75, 3.05) is 26.2 Å². The summed E-state index contributed by atoms with van der Waals surface area (Å²) in [6.45, 7) is 4.37. The quantitative estimate of drug-likeness (QED) is 0.478. The van der Waals surface area contributed by atoms with Crippen LogP contribution in [0.4, 0.5) is 8.78 Å². The third-order valence-electron chi connectivity index (χ3n) is 8.33. The van der Waals surface area contributed by atoms with Gasteiger partial charge in [-0.05, 0) is 37.8 Å². The molecule has 0 unspecified atom stereocenters. The summed E-state index contributed by atoms with van der Waals surface area (Å²) in [4.78, 5) is 32.6. The SMILES string of the molecule is CC(=O)N1CCC(N2CC(n3cc(-c4ccc(-c5cnn(C6(C#N)CC6)c5)nc4C(N)=O)c(C(F)F)n3)C2)CC1. The smallest absolute Gasteiger partial charge is 0.282 e. The molecule has 2 aliphatic heterocycles. The molecule has 208 valence electrons. The van der Waals surface area contributed by atoms with Crippen molar-refractivity contribution in [2.24, 2.45) is 5.73 Å². The molecular weight excluding hydrogens is 520 g/mol. The van der Waals surface area contributed by atoms with Gasteiger partial charge in [-0.1, -0.05) is 0 Å². The second-order valence-corrected chi connectivity index (χ2v) is 10.8. The van der Waals surface area contributed by atoms with Crippen LogP contribution in [0.3, 0.4) is 0 Å². The van der Waals surface area contributed by atoms with Crippen LogP contribution in [-0.4, -0.2) is 78.4 Å². The molecule has 6 rings (SSSR count). The molecule has 40 heavy (non-hydrogen) atoms. The number of rotatable bonds is 7. The molecule has 0 spiro atoms. The lowest BCUT2D eigenvalue weighted by Crippen LogP contribution is -2.56. The van der Waals surface area contributed by atoms with Gasteiger partial charge in [-0.3, -0.25) is 23.9 Å². The average Bonchev–Trinajstić information content (AvgIpc) is 3.34. The monoisotopic (exact) mass is 549 g/mol. The van der Waals surface area contributed by atoms with Crippen molar-refractivity contribution in [3.05, 3.63) is 42.1 Å². The fraction of sp³-hybridized carbons (Fsp3) is 0.481. The summed E-state index contributed by atoms with van der Waals surface area (Å²) in [6.07, 6.45) is 5.13. The van der Waals surface area contributed by atoms with Crippen LogP contribution in [0.15, 0.2) is 30.7 Å². The van der Waals surface area contributed by atoms with E-state index in [1.54, 1.807) is 47.0 Å². The van der Waals surface area contributed by atoms with Crippen LogP contribution in [0.1, 0.15) is 61.3 Å². The maximum atomic E-state index is 14.1. The molecule has 1 aliphatic carbocycles. The number of pyridine rings is 1. The highest BCUT2D eigenvalue weighted by molar-refractivity contribution is 5.98. The number of carbonyl (C=O) groups excluding carboxylic acids is 2. The minimum absolute atomic E-state index is 0.0814. The third-order valence-corrected chi connectivity index (χ3v) is 8.33. The number of aromatic nitrogens is 5. The van der Waals surface area contributed by atoms with Crippen molar-refractivity contribution < 1.29 is 18.4 Å². The molecule has 5 heterocycles. The van der Waals surface area contributed by atoms with E-state index in [1.165, 1.54) is 0 Å². The molecule has 0 aromatic carbocycles. The van der Waals surface area contributed by atoms with E-state index in [2.05, 4.69) is 26.2 Å². The zero-order valence-corrected chi connectivity index (χ0v) is 22.0. The number of hydrogen-bond acceptors (Lipinski definition) is 7. The molecule has 0 bridgehead atoms. The van der Waals surface area contributed by atoms with Gasteiger partial charge >= 0.3 is 0 Å². The Kier molecular flexibility index (Phi) is 6.37. The Balaban J connectivity index is 1.23. The number of hydrogen-bond donors (Lipinski definition) is 1. The molecule has 3 aromatic heterocycles. The Hall–Kier alpha value is -4.18. The van der Waals surface area contributed by atoms with Gasteiger partial charge in [0.25, 0.3) is 12.3 Å². The molecule has 3 fully saturated rings. The lowest BCUT2D eigenvalue weighted by molar-refractivity contribution is -0.130. The van der Waals surface area contributed by atoms with Crippen LogP contribution >= 0.6 is 0 Å². The number of halogens is 2. The van der Waals surface area contributed by atoms with E-state index in [0.717, 1.165) is 25.9 Å². The molecule has 3 aromatic rings. The number of primary amides is 1. The standard InChI is InChI=1S/C27H29F2N9O2/c1-16(39)35-8-4-18(5-9-35)36-12-19(13-36)37-14-21(23(34-37)25(28)29)20-2-3-22(33-24(20)26(31)40)17-10-32-38(11-17)27(15-30)6-7-27/h2-3,10-11,14,18-19,25H,4-9,12-13H2,1H3,(H2,31,40). The lowest BCUT2D eigenvalue weighted by Gasteiger charge is -2.47. The van der Waals surface area contributed by atoms with Crippen molar-refractivity contribution in [1.29, 1.82) is 5.26 Å². The van der Waals surface area contributed by atoms with Gasteiger partial charge < -0.3 is 10.6 Å². The number of nitriles is 1. The van der Waals surface area contributed by atoms with Gasteiger partial charge in [0.15, 0.2) is 0 Å². The zero-order chi connectivity index (χ0) is 28.2. The van der Waals surface area contributed by atoms with Crippen molar-refractivity contribution in [3.8, 4) is 28.5 Å². The minimum atomic E-state index is -2.86. The van der Waals surface area contributed by atoms with Gasteiger partial charge in [-0.2, -0.15) is 15.5 Å². The van der Waals surface area contributed by atoms with Crippen LogP contribution in [0, 0.1) is 11.3 Å². The normalized spacial score (nSPS) is 19.4. The molecule has 3 aliphatic rings. The van der Waals surface area contributed by atoms with E-state index in [0.29, 0.717) is 43.2 Å². The summed E-state index contributed by atoms with van der Waals surface area (Å²) in [6, 6.07) is 5.72. The second-order valence-electron chi connectivity index (χ2n) is 10.8. The van der Waals surface area contributed by atoms with Gasteiger partial charge in [0.2, 0.25) is 5.91 Å². The van der Waals surface area contributed by atoms with Crippen molar-refractivity contribution in [1.82, 2.24) is 34.3 Å². The Morgan fingerprint density at radius 3 is 2.45 bits per heavy atom. The van der Waals surface area contributed by atoms with E-state index < -0.39 is 23.6 Å². The van der Waals surface area contributed by atoms with Crippen LogP contribution in [0.25, 0.3) is 22.4 Å². The van der Waals surface area contributed by atoms with Crippen LogP contribution in [-0.2, 0) is 10.3 Å². The zero-order valence-electron chi connectivity index (χ0n) is 22.0. The summed E-state index contributed by atoms with van der Waals surface area (Å²) >= 11 is 0. The molecule has 2 amide bonds. The molecule has 2 N–H and O–H groups in total. The highest BCUT2D eigenvalue weighted by Gasteiger charge is 2.46. The largest absolute Gasteiger partial charge is 0.364 e. The Morgan fingerprint density at radius 2 is 1.85 bits per heavy atom. The van der Waals surface area contributed by atoms with Crippen LogP contribution in [0.2, 0.25) is 0 Å². The summed E-state index contributed by atoms with van der Waals surface area (Å²) < 4.78 is 31.4. The predicted octanol–water partition coefficient (Wildman–Crippen LogP) is 2.73. The highest BCUT2D eigenvalue weighted by atomic mass is 19.3. The topological polar surface area (TPSA) is 139 Å². The van der Waals surface area contributed by atoms with Gasteiger partial charge in [-0.25, -0.2) is 13.8 Å². The minimum Gasteiger partial charge on any atom is -0.364 e. The Morgan fingerprint density at radius 1 is 1.12 bits per heavy atom. The Bertz CT molecular complexity index is 1510. The maximum absolute atomic E-state index is 14.1. The summed E-state index contributed by atoms with van der Waals surface area (Å²) in [7, 11) is 0. The number of likely N-dealkylation sites (tertiary alicyclic amines) is 2. The highest BCUT2D eigenvalue weighted by Crippen LogP contribution is 2.43. The fourth-order valence-electron chi connectivity index (χ4n) is 5.69. The molecule has 1 saturated carbocycles. The number of carbonyl (C=O) groups is 2. The van der Waals surface area contributed by atoms with E-state index in [-0.39, 0.29) is 28.8 Å². The molecule has 0 radical (unpaired) electrons. The first kappa shape index (κ1) is 26.1. The third kappa shape index (κ3) is 4.52. The molecule has 11 nitrogen and oxygen atoms in total. The van der Waals surface area contributed by atoms with Crippen molar-refractivity contribution in [2.45, 2.75) is 56.7 Å². The first-order chi connectivity index (χ1) is 19.2. The summed E-state index contributed by atoms with van der Waals surface area (Å²) in [5, 5.41) is 17.9. The molecule has 2 saturated heterocycles. The van der Waals surface area contributed by atoms with E-state index >= 15 is 0 Å². The van der Waals surface area contributed by atoms with Gasteiger partial charge in [0, 0.05) is 68.2 Å². The number of alkyl halides is 2. The maximum Gasteiger partial charge on any atom is 0.282 e. The van der Waals surface area contributed by atoms with Gasteiger partial charge in [-0.15, -0.1) is 0 Å². The van der Waals surface area contributed by atoms with E-state index in [9.17, 15) is 23.6 Å². The number of nitrogens with two attached hydrogens (primary N) is 1. The van der Waals surface area contributed by atoms with Crippen molar-refractivity contribution in [3.63, 3.8) is 0 Å². The van der Waals surface area contributed by atoms with Crippen LogP contribution < -0.4 is 5.73 Å². The predicted molar refractivity (Wildman–Crippen MR) is 139 cm³/mol. The first-order valence-corrected chi connectivity index (χ1v) is 13.3. The number of nitrogens with zero attached hydrogens (tertiary/aromatic N) is 8. The lowest BCUT2D eigenvalue weighted by atomic mass is 9.97. The number of piperidine rings is 1. The molecule has 13 heteroatoms. The van der Waals surface area contributed by atoms with E-state index in [1.807, 2.05) is 4.90 Å². The second kappa shape index (κ2) is 9.78. The Labute approximate surface area is 229 Å². The van der Waals surface area contributed by atoms with Crippen molar-refractivity contribution >= 4 is 11.8 Å². The molecule has 0 atom stereocenters. The van der Waals surface area contributed by atoms with Gasteiger partial charge in [0.05, 0.1) is 24.0 Å². The van der Waals surface area contributed by atoms with Crippen LogP contribution in [0.5, 0.6) is 0 Å². The fourth-order valence-corrected chi connectivity index (χ4v) is 5.69. The average molecular weight is 550 g/mol. The summed E-state index contributed by atoms with van der Waals surface area (Å²) in [5.41, 5.74) is 5.73. The van der Waals surface area contributed by atoms with Gasteiger partial charge in [0.1, 0.15) is 16.9 Å². The van der Waals surface area contributed by atoms with E-state index in [4.69, 9.17) is 5.73 Å². The molecular formula is C27H29F2N9O2. The number of amides is 2. The first-order valence-electron chi connectivity index (χ1n) is 13.3. The summed E-state index contributed by atoms with van der Waals surface area (Å²) in [5.74, 6) is -0.762.